The molecule has 21 nitrogen and oxygen atoms in total. The Labute approximate surface area is 512 Å². The molecule has 0 radical (unpaired) electrons. The van der Waals surface area contributed by atoms with Gasteiger partial charge in [-0.1, -0.05) is 12.1 Å². The van der Waals surface area contributed by atoms with Crippen LogP contribution in [0.25, 0.3) is 31.5 Å². The Kier molecular flexibility index (Phi) is 22.8. The summed E-state index contributed by atoms with van der Waals surface area (Å²) in [5, 5.41) is 5.02. The largest absolute Gasteiger partial charge is 0.508 e. The summed E-state index contributed by atoms with van der Waals surface area (Å²) in [4.78, 5) is 77.0. The fraction of sp³-hybridized carbons (Fsp3) is 0.390. The van der Waals surface area contributed by atoms with E-state index in [1.807, 2.05) is 13.0 Å². The molecule has 4 aromatic carbocycles. The number of ether oxygens (including phenoxy) is 7. The second kappa shape index (κ2) is 28.9. The van der Waals surface area contributed by atoms with E-state index in [4.69, 9.17) is 58.5 Å². The molecule has 0 spiro atoms. The molecule has 88 heavy (non-hydrogen) atoms. The molecular weight excluding hydrogens is 1200 g/mol. The second-order valence-electron chi connectivity index (χ2n) is 21.8. The molecular formula is C59H60F6N10O11S2. The highest BCUT2D eigenvalue weighted by atomic mass is 32.1. The number of carbonyl (C=O) groups excluding carboxylic acids is 4. The Morgan fingerprint density at radius 3 is 1.62 bits per heavy atom. The highest BCUT2D eigenvalue weighted by molar-refractivity contribution is 7.81. The SMILES string of the molecule is COC(=O)C(C)(C)Nc1cc(F)c2nc(C(F)F)nc(OCCOC(=O)OC(C)(C)C)c2c1.[C-]#[N+]c1ccc(N2C(=O)C(C)(C)N(c3cc(F)c4nc(C(F)F)nc(OCCOC(=O)OC(C)(C)C)c4c3)C2=S)cc1C.[C-]#[N+]c1ccc(N=C=S)cc1C. The maximum atomic E-state index is 15.5. The average Bonchev–Trinajstić information content (AvgIpc) is 3.95. The molecule has 3 heterocycles. The normalized spacial score (nSPS) is 12.9. The average molecular weight is 1260 g/mol. The number of halogens is 6. The first-order chi connectivity index (χ1) is 41.0. The topological polar surface area (TPSA) is 224 Å². The van der Waals surface area contributed by atoms with E-state index < -0.39 is 93.6 Å². The molecule has 29 heteroatoms. The number of aromatic nitrogens is 4. The third kappa shape index (κ3) is 17.9. The van der Waals surface area contributed by atoms with E-state index in [1.54, 1.807) is 92.6 Å². The molecule has 1 N–H and O–H groups in total. The highest BCUT2D eigenvalue weighted by Crippen LogP contribution is 2.41. The number of rotatable bonds is 16. The fourth-order valence-electron chi connectivity index (χ4n) is 7.96. The van der Waals surface area contributed by atoms with Crippen LogP contribution < -0.4 is 24.6 Å². The van der Waals surface area contributed by atoms with Gasteiger partial charge in [0.15, 0.2) is 39.8 Å². The predicted molar refractivity (Wildman–Crippen MR) is 320 cm³/mol. The molecule has 0 bridgehead atoms. The van der Waals surface area contributed by atoms with Gasteiger partial charge in [0, 0.05) is 17.1 Å². The van der Waals surface area contributed by atoms with Crippen molar-refractivity contribution >= 4 is 115 Å². The molecule has 0 atom stereocenters. The molecule has 1 aliphatic heterocycles. The van der Waals surface area contributed by atoms with Crippen LogP contribution in [0.2, 0.25) is 0 Å². The smallest absolute Gasteiger partial charge is 0.474 e. The van der Waals surface area contributed by atoms with Gasteiger partial charge in [-0.05, 0) is 167 Å². The molecule has 0 unspecified atom stereocenters. The Morgan fingerprint density at radius 2 is 1.18 bits per heavy atom. The maximum Gasteiger partial charge on any atom is 0.508 e. The number of aryl methyl sites for hydroxylation is 2. The summed E-state index contributed by atoms with van der Waals surface area (Å²) in [7, 11) is 1.21. The van der Waals surface area contributed by atoms with Crippen LogP contribution in [-0.4, -0.2) is 110 Å². The monoisotopic (exact) mass is 1260 g/mol. The third-order valence-electron chi connectivity index (χ3n) is 11.8. The van der Waals surface area contributed by atoms with Crippen molar-refractivity contribution in [2.45, 2.75) is 118 Å². The van der Waals surface area contributed by atoms with Gasteiger partial charge < -0.3 is 43.4 Å². The number of nitrogens with zero attached hydrogens (tertiary/aromatic N) is 9. The molecule has 1 saturated heterocycles. The number of hydrogen-bond donors (Lipinski definition) is 1. The number of methoxy groups -OCH3 is 1. The zero-order valence-corrected chi connectivity index (χ0v) is 51.5. The summed E-state index contributed by atoms with van der Waals surface area (Å²) >= 11 is 10.1. The summed E-state index contributed by atoms with van der Waals surface area (Å²) in [6.07, 6.45) is -8.10. The van der Waals surface area contributed by atoms with E-state index in [-0.39, 0.29) is 65.4 Å². The van der Waals surface area contributed by atoms with Crippen LogP contribution >= 0.6 is 24.4 Å². The summed E-state index contributed by atoms with van der Waals surface area (Å²) in [6, 6.07) is 14.9. The van der Waals surface area contributed by atoms with Crippen molar-refractivity contribution in [2.24, 2.45) is 4.99 Å². The number of aliphatic imine (C=N–C) groups is 1. The molecule has 0 aliphatic carbocycles. The molecule has 1 aliphatic rings. The van der Waals surface area contributed by atoms with E-state index in [1.165, 1.54) is 42.9 Å². The third-order valence-corrected chi connectivity index (χ3v) is 12.3. The van der Waals surface area contributed by atoms with Crippen molar-refractivity contribution < 1.29 is 78.7 Å². The van der Waals surface area contributed by atoms with Gasteiger partial charge in [-0.25, -0.2) is 60.4 Å². The summed E-state index contributed by atoms with van der Waals surface area (Å²) in [5.74, 6) is -5.55. The van der Waals surface area contributed by atoms with E-state index >= 15 is 4.39 Å². The molecule has 466 valence electrons. The minimum atomic E-state index is -3.13. The lowest BCUT2D eigenvalue weighted by Crippen LogP contribution is -2.44. The number of thiocarbonyl (C=S) groups is 2. The lowest BCUT2D eigenvalue weighted by atomic mass is 10.0. The van der Waals surface area contributed by atoms with Crippen LogP contribution in [0.4, 0.5) is 70.1 Å². The number of alkyl halides is 4. The number of hydrogen-bond acceptors (Lipinski definition) is 19. The van der Waals surface area contributed by atoms with Crippen molar-refractivity contribution in [3.8, 4) is 11.8 Å². The molecule has 1 fully saturated rings. The van der Waals surface area contributed by atoms with E-state index in [0.717, 1.165) is 23.4 Å². The van der Waals surface area contributed by atoms with E-state index in [0.29, 0.717) is 22.6 Å². The van der Waals surface area contributed by atoms with Gasteiger partial charge >= 0.3 is 18.3 Å². The van der Waals surface area contributed by atoms with Crippen LogP contribution in [0.15, 0.2) is 65.7 Å². The molecule has 6 aromatic rings. The molecule has 0 saturated carbocycles. The lowest BCUT2D eigenvalue weighted by molar-refractivity contribution is -0.144. The Hall–Kier alpha value is -9.31. The molecule has 2 aromatic heterocycles. The van der Waals surface area contributed by atoms with Crippen LogP contribution in [0.1, 0.15) is 105 Å². The maximum absolute atomic E-state index is 15.5. The van der Waals surface area contributed by atoms with Crippen molar-refractivity contribution in [3.63, 3.8) is 0 Å². The minimum absolute atomic E-state index is 0.0279. The van der Waals surface area contributed by atoms with Crippen molar-refractivity contribution in [1.82, 2.24) is 19.9 Å². The standard InChI is InChI=1S/C29H28F3N5O5S.C21H26F3N3O6.C9H6N2S/c1-15-12-16(8-9-20(15)33-7)36-25(38)29(5,6)37(26(36)43)17-13-18-21(19(30)14-17)34-23(22(31)32)35-24(18)40-10-11-41-27(39)42-28(2,3)4;1-20(2,3)33-19(29)32-8-7-31-17-12-9-11(27-21(4,5)18(28)30-6)10-13(22)14(12)25-16(26-17)15(23)24;1-7-5-8(11-6-12)3-4-9(7)10-2/h8-9,12-14,22H,10-11H2,1-6H3;9-10,15,27H,7-8H2,1-6H3;3-5H,1H3. The van der Waals surface area contributed by atoms with Crippen LogP contribution in [0.5, 0.6) is 11.8 Å². The van der Waals surface area contributed by atoms with Crippen LogP contribution in [-0.2, 0) is 33.3 Å². The molecule has 7 rings (SSSR count). The Bertz CT molecular complexity index is 3790. The van der Waals surface area contributed by atoms with Crippen molar-refractivity contribution in [3.05, 3.63) is 118 Å². The zero-order valence-electron chi connectivity index (χ0n) is 49.9. The van der Waals surface area contributed by atoms with Gasteiger partial charge in [-0.3, -0.25) is 9.69 Å². The van der Waals surface area contributed by atoms with Gasteiger partial charge in [0.25, 0.3) is 18.8 Å². The number of nitrogens with one attached hydrogen (secondary N) is 1. The van der Waals surface area contributed by atoms with Gasteiger partial charge in [-0.15, -0.1) is 0 Å². The zero-order chi connectivity index (χ0) is 65.8. The number of benzene rings is 4. The Balaban J connectivity index is 0.000000276. The predicted octanol–water partition coefficient (Wildman–Crippen LogP) is 14.5. The number of isothiocyanates is 1. The number of fused-ring (bicyclic) bond motifs is 2. The van der Waals surface area contributed by atoms with Crippen LogP contribution in [0.3, 0.4) is 0 Å². The highest BCUT2D eigenvalue weighted by Gasteiger charge is 2.50. The number of anilines is 3. The summed E-state index contributed by atoms with van der Waals surface area (Å²) in [5.41, 5.74) is -0.850. The van der Waals surface area contributed by atoms with Crippen LogP contribution in [0, 0.1) is 38.6 Å². The molecule has 1 amide bonds. The minimum Gasteiger partial charge on any atom is -0.474 e. The van der Waals surface area contributed by atoms with Crippen molar-refractivity contribution in [2.75, 3.05) is 48.7 Å². The fourth-order valence-corrected chi connectivity index (χ4v) is 8.59. The van der Waals surface area contributed by atoms with Gasteiger partial charge in [0.2, 0.25) is 11.8 Å². The first-order valence-electron chi connectivity index (χ1n) is 26.2. The quantitative estimate of drug-likeness (QED) is 0.0181. The lowest BCUT2D eigenvalue weighted by Gasteiger charge is -2.29. The Morgan fingerprint density at radius 1 is 0.705 bits per heavy atom. The first-order valence-corrected chi connectivity index (χ1v) is 27.0. The number of esters is 1. The van der Waals surface area contributed by atoms with E-state index in [2.05, 4.69) is 57.3 Å². The number of carbonyl (C=O) groups is 4. The van der Waals surface area contributed by atoms with Gasteiger partial charge in [0.1, 0.15) is 59.7 Å². The summed E-state index contributed by atoms with van der Waals surface area (Å²) < 4.78 is 119. The summed E-state index contributed by atoms with van der Waals surface area (Å²) in [6.45, 7) is 32.7. The van der Waals surface area contributed by atoms with Gasteiger partial charge in [0.05, 0.1) is 41.9 Å². The first kappa shape index (κ1) is 69.5. The number of amides is 1. The van der Waals surface area contributed by atoms with Gasteiger partial charge in [-0.2, -0.15) is 15.0 Å². The van der Waals surface area contributed by atoms with E-state index in [9.17, 15) is 41.1 Å². The second-order valence-corrected chi connectivity index (χ2v) is 22.4. The van der Waals surface area contributed by atoms with Crippen molar-refractivity contribution in [1.29, 1.82) is 0 Å².